The molecule has 80 valence electrons. The van der Waals surface area contributed by atoms with Gasteiger partial charge in [-0.05, 0) is 41.4 Å². The van der Waals surface area contributed by atoms with E-state index >= 15 is 0 Å². The Morgan fingerprint density at radius 1 is 1.53 bits per heavy atom. The molecule has 0 aromatic carbocycles. The van der Waals surface area contributed by atoms with Crippen molar-refractivity contribution in [3.05, 3.63) is 22.3 Å². The predicted molar refractivity (Wildman–Crippen MR) is 68.7 cm³/mol. The molecule has 2 aliphatic heterocycles. The van der Waals surface area contributed by atoms with Gasteiger partial charge in [-0.15, -0.1) is 0 Å². The Morgan fingerprint density at radius 2 is 2.40 bits per heavy atom. The Hall–Kier alpha value is -0.220. The van der Waals surface area contributed by atoms with Crippen molar-refractivity contribution >= 4 is 33.5 Å². The molecule has 0 aliphatic carbocycles. The summed E-state index contributed by atoms with van der Waals surface area (Å²) in [5, 5.41) is 0.848. The van der Waals surface area contributed by atoms with E-state index in [1.54, 1.807) is 0 Å². The summed E-state index contributed by atoms with van der Waals surface area (Å²) in [7, 11) is 0. The van der Waals surface area contributed by atoms with E-state index in [0.717, 1.165) is 27.3 Å². The smallest absolute Gasteiger partial charge is 0.129 e. The molecule has 0 N–H and O–H groups in total. The number of halogens is 1. The van der Waals surface area contributed by atoms with Gasteiger partial charge < -0.3 is 4.90 Å². The predicted octanol–water partition coefficient (Wildman–Crippen LogP) is 2.85. The molecule has 2 bridgehead atoms. The van der Waals surface area contributed by atoms with Gasteiger partial charge in [-0.2, -0.15) is 11.8 Å². The normalized spacial score (nSPS) is 28.8. The number of nitrogens with zero attached hydrogens (tertiary/aromatic N) is 2. The number of pyridine rings is 1. The summed E-state index contributed by atoms with van der Waals surface area (Å²) in [5.41, 5.74) is 1.09. The maximum atomic E-state index is 4.64. The molecular weight excluding hydrogens is 272 g/mol. The Morgan fingerprint density at radius 3 is 3.00 bits per heavy atom. The van der Waals surface area contributed by atoms with Crippen molar-refractivity contribution in [1.29, 1.82) is 0 Å². The van der Waals surface area contributed by atoms with E-state index in [1.807, 2.05) is 0 Å². The summed E-state index contributed by atoms with van der Waals surface area (Å²) >= 11 is 5.61. The Labute approximate surface area is 103 Å². The van der Waals surface area contributed by atoms with Crippen molar-refractivity contribution in [2.45, 2.75) is 24.6 Å². The Balaban J connectivity index is 1.90. The number of fused-ring (bicyclic) bond motifs is 2. The van der Waals surface area contributed by atoms with Gasteiger partial charge in [0, 0.05) is 28.1 Å². The molecule has 1 aromatic heterocycles. The summed E-state index contributed by atoms with van der Waals surface area (Å²) in [6, 6.07) is 4.97. The van der Waals surface area contributed by atoms with E-state index in [0.29, 0.717) is 0 Å². The summed E-state index contributed by atoms with van der Waals surface area (Å²) in [6.07, 6.45) is 1.35. The Kier molecular flexibility index (Phi) is 2.44. The highest BCUT2D eigenvalue weighted by Gasteiger charge is 2.39. The van der Waals surface area contributed by atoms with E-state index in [9.17, 15) is 0 Å². The molecule has 2 unspecified atom stereocenters. The number of hydrogen-bond acceptors (Lipinski definition) is 3. The van der Waals surface area contributed by atoms with Crippen LogP contribution in [-0.2, 0) is 0 Å². The fraction of sp³-hybridized carbons (Fsp3) is 0.545. The topological polar surface area (TPSA) is 16.1 Å². The van der Waals surface area contributed by atoms with Crippen molar-refractivity contribution in [2.24, 2.45) is 0 Å². The third-order valence-electron chi connectivity index (χ3n) is 3.20. The second-order valence-electron chi connectivity index (χ2n) is 4.23. The lowest BCUT2D eigenvalue weighted by Gasteiger charge is -2.28. The van der Waals surface area contributed by atoms with Crippen molar-refractivity contribution < 1.29 is 0 Å². The van der Waals surface area contributed by atoms with Crippen LogP contribution in [0, 0.1) is 6.92 Å². The number of aromatic nitrogens is 1. The van der Waals surface area contributed by atoms with Gasteiger partial charge in [-0.1, -0.05) is 0 Å². The monoisotopic (exact) mass is 284 g/mol. The molecule has 0 radical (unpaired) electrons. The lowest BCUT2D eigenvalue weighted by atomic mass is 10.2. The molecule has 0 saturated carbocycles. The van der Waals surface area contributed by atoms with Crippen molar-refractivity contribution in [2.75, 3.05) is 17.2 Å². The molecule has 3 heterocycles. The van der Waals surface area contributed by atoms with E-state index < -0.39 is 0 Å². The van der Waals surface area contributed by atoms with Crippen LogP contribution in [0.1, 0.15) is 12.1 Å². The zero-order chi connectivity index (χ0) is 10.4. The molecule has 4 heteroatoms. The van der Waals surface area contributed by atoms with Crippen LogP contribution in [0.2, 0.25) is 0 Å². The SMILES string of the molecule is Cc1nc(N2CC3CC2CS3)ccc1Br. The fourth-order valence-corrected chi connectivity index (χ4v) is 4.03. The van der Waals surface area contributed by atoms with Gasteiger partial charge in [-0.3, -0.25) is 0 Å². The molecule has 2 nitrogen and oxygen atoms in total. The molecule has 2 fully saturated rings. The van der Waals surface area contributed by atoms with Crippen molar-refractivity contribution in [3.63, 3.8) is 0 Å². The zero-order valence-electron chi connectivity index (χ0n) is 8.61. The molecule has 15 heavy (non-hydrogen) atoms. The molecule has 3 rings (SSSR count). The van der Waals surface area contributed by atoms with Gasteiger partial charge in [0.05, 0.1) is 5.69 Å². The summed E-state index contributed by atoms with van der Waals surface area (Å²) < 4.78 is 1.10. The second kappa shape index (κ2) is 3.67. The molecule has 2 atom stereocenters. The van der Waals surface area contributed by atoms with Gasteiger partial charge in [0.15, 0.2) is 0 Å². The van der Waals surface area contributed by atoms with Gasteiger partial charge in [0.25, 0.3) is 0 Å². The van der Waals surface area contributed by atoms with E-state index in [-0.39, 0.29) is 0 Å². The first-order valence-corrected chi connectivity index (χ1v) is 7.09. The van der Waals surface area contributed by atoms with Gasteiger partial charge in [-0.25, -0.2) is 4.98 Å². The van der Waals surface area contributed by atoms with Gasteiger partial charge in [0.2, 0.25) is 0 Å². The van der Waals surface area contributed by atoms with E-state index in [4.69, 9.17) is 0 Å². The highest BCUT2D eigenvalue weighted by atomic mass is 79.9. The van der Waals surface area contributed by atoms with Crippen LogP contribution in [0.4, 0.5) is 5.82 Å². The minimum atomic E-state index is 0.730. The molecular formula is C11H13BrN2S. The Bertz CT molecular complexity index is 396. The van der Waals surface area contributed by atoms with Crippen LogP contribution in [0.5, 0.6) is 0 Å². The number of thioether (sulfide) groups is 1. The molecule has 2 aliphatic rings. The average molecular weight is 285 g/mol. The molecule has 0 spiro atoms. The van der Waals surface area contributed by atoms with Crippen molar-refractivity contribution in [1.82, 2.24) is 4.98 Å². The molecule has 1 aromatic rings. The minimum Gasteiger partial charge on any atom is -0.352 e. The first-order chi connectivity index (χ1) is 7.24. The quantitative estimate of drug-likeness (QED) is 0.789. The van der Waals surface area contributed by atoms with Crippen LogP contribution < -0.4 is 4.90 Å². The standard InChI is InChI=1S/C11H13BrN2S/c1-7-10(12)2-3-11(13-7)14-5-9-4-8(14)6-15-9/h2-3,8-9H,4-6H2,1H3. The van der Waals surface area contributed by atoms with E-state index in [2.05, 4.69) is 56.6 Å². The molecule has 0 amide bonds. The van der Waals surface area contributed by atoms with Crippen LogP contribution in [0.3, 0.4) is 0 Å². The zero-order valence-corrected chi connectivity index (χ0v) is 11.0. The van der Waals surface area contributed by atoms with Gasteiger partial charge >= 0.3 is 0 Å². The second-order valence-corrected chi connectivity index (χ2v) is 6.42. The van der Waals surface area contributed by atoms with Crippen molar-refractivity contribution in [3.8, 4) is 0 Å². The number of rotatable bonds is 1. The molecule has 2 saturated heterocycles. The van der Waals surface area contributed by atoms with Gasteiger partial charge in [0.1, 0.15) is 5.82 Å². The van der Waals surface area contributed by atoms with Crippen LogP contribution in [-0.4, -0.2) is 28.6 Å². The first-order valence-electron chi connectivity index (χ1n) is 5.25. The highest BCUT2D eigenvalue weighted by molar-refractivity contribution is 9.10. The number of hydrogen-bond donors (Lipinski definition) is 0. The lowest BCUT2D eigenvalue weighted by Crippen LogP contribution is -2.34. The third kappa shape index (κ3) is 1.68. The average Bonchev–Trinajstić information content (AvgIpc) is 2.83. The number of anilines is 1. The highest BCUT2D eigenvalue weighted by Crippen LogP contribution is 2.39. The minimum absolute atomic E-state index is 0.730. The lowest BCUT2D eigenvalue weighted by molar-refractivity contribution is 0.750. The van der Waals surface area contributed by atoms with Crippen LogP contribution >= 0.6 is 27.7 Å². The maximum absolute atomic E-state index is 4.64. The number of aryl methyl sites for hydroxylation is 1. The summed E-state index contributed by atoms with van der Waals surface area (Å²) in [5.74, 6) is 2.44. The first kappa shape index (κ1) is 9.97. The largest absolute Gasteiger partial charge is 0.352 e. The van der Waals surface area contributed by atoms with E-state index in [1.165, 1.54) is 18.7 Å². The van der Waals surface area contributed by atoms with Crippen LogP contribution in [0.15, 0.2) is 16.6 Å². The third-order valence-corrected chi connectivity index (χ3v) is 5.43. The summed E-state index contributed by atoms with van der Waals surface area (Å²) in [4.78, 5) is 7.12. The van der Waals surface area contributed by atoms with Crippen LogP contribution in [0.25, 0.3) is 0 Å². The fourth-order valence-electron chi connectivity index (χ4n) is 2.37. The summed E-state index contributed by atoms with van der Waals surface area (Å²) in [6.45, 7) is 3.24. The maximum Gasteiger partial charge on any atom is 0.129 e.